The van der Waals surface area contributed by atoms with Crippen LogP contribution in [-0.2, 0) is 14.6 Å². The van der Waals surface area contributed by atoms with Crippen LogP contribution in [-0.4, -0.2) is 19.6 Å². The first-order valence-corrected chi connectivity index (χ1v) is 8.00. The molecule has 0 bridgehead atoms. The van der Waals surface area contributed by atoms with E-state index in [1.165, 1.54) is 44.9 Å². The van der Waals surface area contributed by atoms with Gasteiger partial charge in [0, 0.05) is 0 Å². The summed E-state index contributed by atoms with van der Waals surface area (Å²) < 4.78 is 34.5. The molecule has 106 valence electrons. The molecule has 4 nitrogen and oxygen atoms in total. The van der Waals surface area contributed by atoms with Gasteiger partial charge in [0.25, 0.3) is 0 Å². The van der Waals surface area contributed by atoms with Gasteiger partial charge in [0.1, 0.15) is 0 Å². The molecule has 19 heavy (non-hydrogen) atoms. The molecule has 0 saturated carbocycles. The molecular weight excluding hydrogens is 302 g/mol. The molecule has 7 heteroatoms. The van der Waals surface area contributed by atoms with E-state index >= 15 is 0 Å². The molecule has 0 fully saturated rings. The van der Waals surface area contributed by atoms with Gasteiger partial charge in [0.2, 0.25) is 10.4 Å². The van der Waals surface area contributed by atoms with Gasteiger partial charge < -0.3 is 5.98 Å². The van der Waals surface area contributed by atoms with Crippen molar-refractivity contribution in [2.75, 3.05) is 6.61 Å². The summed E-state index contributed by atoms with van der Waals surface area (Å²) in [6.07, 6.45) is 11.7. The van der Waals surface area contributed by atoms with E-state index in [2.05, 4.69) is 11.1 Å². The molecule has 0 aliphatic heterocycles. The fourth-order valence-electron chi connectivity index (χ4n) is 1.75. The van der Waals surface area contributed by atoms with E-state index in [4.69, 9.17) is 0 Å². The standard InChI is InChI=1S/C12H26O4S.K.Na.H/c1-2-3-4-5-6-7-8-9-10-11-12-16-17(13,14)15;;;/h2-12H2,1H3,(H,13,14,15);;;/q;2*+1;-1/p-1. The first-order valence-electron chi connectivity index (χ1n) is 6.66. The van der Waals surface area contributed by atoms with Crippen LogP contribution in [0.3, 0.4) is 0 Å². The molecule has 0 aliphatic carbocycles. The maximum absolute atomic E-state index is 10.1. The summed E-state index contributed by atoms with van der Waals surface area (Å²) in [6.45, 7) is 2.24. The molecule has 0 aromatic heterocycles. The van der Waals surface area contributed by atoms with Crippen LogP contribution in [0.15, 0.2) is 0 Å². The SMILES string of the molecule is CCCCCCCCCCCCOS(=O)(=O)[O-].[H-].[K+].[Na+]. The Bertz CT molecular complexity index is 266. The van der Waals surface area contributed by atoms with Gasteiger partial charge in [-0.15, -0.1) is 0 Å². The molecule has 0 spiro atoms. The molecule has 0 saturated heterocycles. The normalized spacial score (nSPS) is 10.6. The number of unbranched alkanes of at least 4 members (excludes halogenated alkanes) is 9. The van der Waals surface area contributed by atoms with Gasteiger partial charge in [0.05, 0.1) is 6.61 Å². The van der Waals surface area contributed by atoms with Crippen molar-refractivity contribution in [3.8, 4) is 0 Å². The molecule has 0 aromatic rings. The van der Waals surface area contributed by atoms with E-state index in [9.17, 15) is 13.0 Å². The molecule has 0 aromatic carbocycles. The van der Waals surface area contributed by atoms with Crippen molar-refractivity contribution in [2.24, 2.45) is 0 Å². The Morgan fingerprint density at radius 2 is 1.26 bits per heavy atom. The predicted octanol–water partition coefficient (Wildman–Crippen LogP) is -2.50. The predicted molar refractivity (Wildman–Crippen MR) is 68.6 cm³/mol. The largest absolute Gasteiger partial charge is 1.00 e. The van der Waals surface area contributed by atoms with E-state index < -0.39 is 10.4 Å². The maximum Gasteiger partial charge on any atom is 1.00 e. The zero-order valence-corrected chi connectivity index (χ0v) is 18.8. The van der Waals surface area contributed by atoms with Crippen LogP contribution < -0.4 is 80.9 Å². The molecule has 0 aliphatic rings. The second kappa shape index (κ2) is 18.6. The first kappa shape index (κ1) is 26.4. The summed E-state index contributed by atoms with van der Waals surface area (Å²) in [5.41, 5.74) is 0. The molecule has 0 radical (unpaired) electrons. The summed E-state index contributed by atoms with van der Waals surface area (Å²) in [7, 11) is -4.48. The quantitative estimate of drug-likeness (QED) is 0.172. The Morgan fingerprint density at radius 3 is 1.63 bits per heavy atom. The van der Waals surface area contributed by atoms with Crippen molar-refractivity contribution in [2.45, 2.75) is 71.1 Å². The minimum Gasteiger partial charge on any atom is -1.00 e. The zero-order chi connectivity index (χ0) is 13.0. The molecule has 0 N–H and O–H groups in total. The van der Waals surface area contributed by atoms with Gasteiger partial charge in [-0.05, 0) is 6.42 Å². The van der Waals surface area contributed by atoms with Crippen LogP contribution in [0.4, 0.5) is 0 Å². The molecule has 0 unspecified atom stereocenters. The van der Waals surface area contributed by atoms with E-state index in [1.807, 2.05) is 0 Å². The third kappa shape index (κ3) is 25.8. The minimum absolute atomic E-state index is 0. The van der Waals surface area contributed by atoms with Gasteiger partial charge in [-0.25, -0.2) is 8.42 Å². The Morgan fingerprint density at radius 1 is 0.895 bits per heavy atom. The van der Waals surface area contributed by atoms with Crippen molar-refractivity contribution < 1.29 is 99.5 Å². The van der Waals surface area contributed by atoms with Gasteiger partial charge in [0.15, 0.2) is 0 Å². The minimum atomic E-state index is -4.48. The zero-order valence-electron chi connectivity index (χ0n) is 13.8. The van der Waals surface area contributed by atoms with E-state index in [-0.39, 0.29) is 89.0 Å². The summed E-state index contributed by atoms with van der Waals surface area (Å²) >= 11 is 0. The van der Waals surface area contributed by atoms with Crippen molar-refractivity contribution in [1.29, 1.82) is 0 Å². The smallest absolute Gasteiger partial charge is 1.00 e. The monoisotopic (exact) mass is 328 g/mol. The topological polar surface area (TPSA) is 66.4 Å². The summed E-state index contributed by atoms with van der Waals surface area (Å²) in [5.74, 6) is 0. The van der Waals surface area contributed by atoms with Gasteiger partial charge in [-0.1, -0.05) is 64.7 Å². The number of hydrogen-bond donors (Lipinski definition) is 0. The van der Waals surface area contributed by atoms with Crippen LogP contribution in [0.5, 0.6) is 0 Å². The average molecular weight is 328 g/mol. The third-order valence-electron chi connectivity index (χ3n) is 2.73. The number of rotatable bonds is 12. The second-order valence-electron chi connectivity index (χ2n) is 4.41. The van der Waals surface area contributed by atoms with E-state index in [0.29, 0.717) is 6.42 Å². The molecule has 0 amide bonds. The van der Waals surface area contributed by atoms with Crippen LogP contribution in [0.1, 0.15) is 72.6 Å². The average Bonchev–Trinajstić information content (AvgIpc) is 2.24. The Hall–Kier alpha value is 2.51. The molecule has 0 rings (SSSR count). The molecular formula is C12H26KNaO4S. The summed E-state index contributed by atoms with van der Waals surface area (Å²) in [6, 6.07) is 0. The fourth-order valence-corrected chi connectivity index (χ4v) is 2.07. The van der Waals surface area contributed by atoms with E-state index in [0.717, 1.165) is 12.8 Å². The molecule has 0 heterocycles. The third-order valence-corrected chi connectivity index (χ3v) is 3.18. The van der Waals surface area contributed by atoms with Crippen molar-refractivity contribution in [3.63, 3.8) is 0 Å². The van der Waals surface area contributed by atoms with Gasteiger partial charge >= 0.3 is 80.9 Å². The van der Waals surface area contributed by atoms with Crippen molar-refractivity contribution >= 4 is 10.4 Å². The van der Waals surface area contributed by atoms with Crippen molar-refractivity contribution in [3.05, 3.63) is 0 Å². The Balaban J connectivity index is -0.000000427. The maximum atomic E-state index is 10.1. The van der Waals surface area contributed by atoms with E-state index in [1.54, 1.807) is 0 Å². The van der Waals surface area contributed by atoms with Gasteiger partial charge in [-0.2, -0.15) is 0 Å². The van der Waals surface area contributed by atoms with Crippen molar-refractivity contribution in [1.82, 2.24) is 0 Å². The Labute approximate surface area is 185 Å². The van der Waals surface area contributed by atoms with Crippen LogP contribution in [0.2, 0.25) is 0 Å². The second-order valence-corrected chi connectivity index (χ2v) is 5.46. The van der Waals surface area contributed by atoms with Crippen LogP contribution >= 0.6 is 0 Å². The van der Waals surface area contributed by atoms with Crippen LogP contribution in [0.25, 0.3) is 0 Å². The Kier molecular flexibility index (Phi) is 25.8. The molecule has 0 atom stereocenters. The first-order chi connectivity index (χ1) is 8.06. The summed E-state index contributed by atoms with van der Waals surface area (Å²) in [5, 5.41) is 0. The van der Waals surface area contributed by atoms with Crippen LogP contribution in [0, 0.1) is 0 Å². The number of hydrogen-bond acceptors (Lipinski definition) is 4. The van der Waals surface area contributed by atoms with Gasteiger partial charge in [-0.3, -0.25) is 4.18 Å². The summed E-state index contributed by atoms with van der Waals surface area (Å²) in [4.78, 5) is 0. The fraction of sp³-hybridized carbons (Fsp3) is 1.00.